The van der Waals surface area contributed by atoms with Crippen molar-refractivity contribution in [1.82, 2.24) is 20.8 Å². The Morgan fingerprint density at radius 2 is 2.11 bits per heavy atom. The highest BCUT2D eigenvalue weighted by atomic mass is 19.3. The lowest BCUT2D eigenvalue weighted by atomic mass is 9.79. The Balaban J connectivity index is 1.43. The molecule has 3 heterocycles. The molecule has 3 fully saturated rings. The molecular formula is C18H27F2N5O2. The zero-order valence-corrected chi connectivity index (χ0v) is 15.7. The van der Waals surface area contributed by atoms with Crippen LogP contribution in [0.25, 0.3) is 0 Å². The number of halogens is 2. The van der Waals surface area contributed by atoms with Gasteiger partial charge in [-0.25, -0.2) is 24.2 Å². The number of methoxy groups -OCH3 is 1. The van der Waals surface area contributed by atoms with Crippen LogP contribution in [0.4, 0.5) is 14.6 Å². The van der Waals surface area contributed by atoms with E-state index >= 15 is 0 Å². The monoisotopic (exact) mass is 383 g/mol. The van der Waals surface area contributed by atoms with E-state index in [1.165, 1.54) is 6.33 Å². The van der Waals surface area contributed by atoms with Gasteiger partial charge in [0.1, 0.15) is 12.1 Å². The number of rotatable bonds is 6. The second-order valence-corrected chi connectivity index (χ2v) is 7.89. The van der Waals surface area contributed by atoms with Gasteiger partial charge in [-0.2, -0.15) is 0 Å². The Morgan fingerprint density at radius 1 is 1.30 bits per heavy atom. The molecule has 4 unspecified atom stereocenters. The molecule has 5 atom stereocenters. The number of hydrogen-bond donors (Lipinski definition) is 2. The molecule has 0 spiro atoms. The van der Waals surface area contributed by atoms with Crippen LogP contribution in [0, 0.1) is 5.92 Å². The molecule has 1 aliphatic carbocycles. The molecule has 1 saturated carbocycles. The number of anilines is 1. The van der Waals surface area contributed by atoms with Crippen LogP contribution in [0.2, 0.25) is 0 Å². The molecule has 1 aromatic rings. The van der Waals surface area contributed by atoms with Crippen molar-refractivity contribution in [1.29, 1.82) is 0 Å². The SMILES string of the molecule is COC[C@H](C)OC1CCC2NNC(c3cc(N4CC(F)(F)C4)ncn3)C2C1. The topological polar surface area (TPSA) is 71.5 Å². The summed E-state index contributed by atoms with van der Waals surface area (Å²) in [5, 5.41) is 0. The fourth-order valence-electron chi connectivity index (χ4n) is 4.41. The van der Waals surface area contributed by atoms with Crippen LogP contribution in [0.1, 0.15) is 37.9 Å². The van der Waals surface area contributed by atoms with E-state index in [4.69, 9.17) is 9.47 Å². The molecule has 150 valence electrons. The molecule has 0 bridgehead atoms. The molecule has 7 nitrogen and oxygen atoms in total. The van der Waals surface area contributed by atoms with Crippen molar-refractivity contribution >= 4 is 5.82 Å². The summed E-state index contributed by atoms with van der Waals surface area (Å²) in [6.07, 6.45) is 4.67. The van der Waals surface area contributed by atoms with Crippen LogP contribution < -0.4 is 15.8 Å². The van der Waals surface area contributed by atoms with Gasteiger partial charge in [0.2, 0.25) is 0 Å². The van der Waals surface area contributed by atoms with Crippen molar-refractivity contribution in [2.24, 2.45) is 5.92 Å². The Labute approximate surface area is 157 Å². The summed E-state index contributed by atoms with van der Waals surface area (Å²) in [5.74, 6) is -1.72. The fraction of sp³-hybridized carbons (Fsp3) is 0.778. The van der Waals surface area contributed by atoms with Gasteiger partial charge in [0.05, 0.1) is 43.6 Å². The van der Waals surface area contributed by atoms with E-state index in [9.17, 15) is 8.78 Å². The van der Waals surface area contributed by atoms with Gasteiger partial charge >= 0.3 is 0 Å². The number of nitrogens with zero attached hydrogens (tertiary/aromatic N) is 3. The summed E-state index contributed by atoms with van der Waals surface area (Å²) >= 11 is 0. The highest BCUT2D eigenvalue weighted by Crippen LogP contribution is 2.39. The van der Waals surface area contributed by atoms with Crippen molar-refractivity contribution in [3.8, 4) is 0 Å². The second-order valence-electron chi connectivity index (χ2n) is 7.89. The molecule has 0 aromatic carbocycles. The van der Waals surface area contributed by atoms with Gasteiger partial charge in [-0.15, -0.1) is 0 Å². The number of ether oxygens (including phenoxy) is 2. The molecule has 1 aromatic heterocycles. The van der Waals surface area contributed by atoms with Crippen molar-refractivity contribution < 1.29 is 18.3 Å². The maximum Gasteiger partial charge on any atom is 0.282 e. The average molecular weight is 383 g/mol. The number of alkyl halides is 2. The van der Waals surface area contributed by atoms with Crippen molar-refractivity contribution in [3.63, 3.8) is 0 Å². The number of aromatic nitrogens is 2. The Bertz CT molecular complexity index is 656. The van der Waals surface area contributed by atoms with Gasteiger partial charge < -0.3 is 14.4 Å². The lowest BCUT2D eigenvalue weighted by Crippen LogP contribution is -2.56. The highest BCUT2D eigenvalue weighted by molar-refractivity contribution is 5.44. The predicted molar refractivity (Wildman–Crippen MR) is 95.5 cm³/mol. The molecule has 27 heavy (non-hydrogen) atoms. The predicted octanol–water partition coefficient (Wildman–Crippen LogP) is 1.67. The van der Waals surface area contributed by atoms with Gasteiger partial charge in [0.25, 0.3) is 5.92 Å². The zero-order valence-electron chi connectivity index (χ0n) is 15.7. The highest BCUT2D eigenvalue weighted by Gasteiger charge is 2.45. The quantitative estimate of drug-likeness (QED) is 0.774. The number of fused-ring (bicyclic) bond motifs is 1. The summed E-state index contributed by atoms with van der Waals surface area (Å²) in [7, 11) is 1.68. The molecule has 2 aliphatic heterocycles. The first kappa shape index (κ1) is 18.9. The van der Waals surface area contributed by atoms with Crippen molar-refractivity contribution in [2.75, 3.05) is 31.7 Å². The molecule has 2 N–H and O–H groups in total. The first-order valence-electron chi connectivity index (χ1n) is 9.55. The van der Waals surface area contributed by atoms with Gasteiger partial charge in [0, 0.05) is 25.1 Å². The minimum Gasteiger partial charge on any atom is -0.382 e. The smallest absolute Gasteiger partial charge is 0.282 e. The molecule has 0 amide bonds. The fourth-order valence-corrected chi connectivity index (χ4v) is 4.41. The van der Waals surface area contributed by atoms with Gasteiger partial charge in [0.15, 0.2) is 0 Å². The van der Waals surface area contributed by atoms with Crippen LogP contribution in [0.15, 0.2) is 12.4 Å². The molecule has 9 heteroatoms. The van der Waals surface area contributed by atoms with Gasteiger partial charge in [-0.3, -0.25) is 5.43 Å². The largest absolute Gasteiger partial charge is 0.382 e. The van der Waals surface area contributed by atoms with Crippen LogP contribution in [-0.2, 0) is 9.47 Å². The lowest BCUT2D eigenvalue weighted by molar-refractivity contribution is -0.0623. The first-order valence-corrected chi connectivity index (χ1v) is 9.55. The minimum absolute atomic E-state index is 0.0164. The summed E-state index contributed by atoms with van der Waals surface area (Å²) in [6, 6.07) is 2.21. The Morgan fingerprint density at radius 3 is 2.85 bits per heavy atom. The number of hydrazine groups is 1. The summed E-state index contributed by atoms with van der Waals surface area (Å²) in [4.78, 5) is 10.2. The van der Waals surface area contributed by atoms with E-state index in [1.54, 1.807) is 12.0 Å². The Hall–Kier alpha value is -1.42. The Kier molecular flexibility index (Phi) is 5.28. The maximum atomic E-state index is 13.2. The van der Waals surface area contributed by atoms with E-state index in [2.05, 4.69) is 20.8 Å². The van der Waals surface area contributed by atoms with Crippen LogP contribution in [-0.4, -0.2) is 60.9 Å². The van der Waals surface area contributed by atoms with E-state index < -0.39 is 5.92 Å². The van der Waals surface area contributed by atoms with E-state index in [0.717, 1.165) is 25.0 Å². The minimum atomic E-state index is -2.61. The summed E-state index contributed by atoms with van der Waals surface area (Å²) in [6.45, 7) is 2.05. The van der Waals surface area contributed by atoms with Crippen LogP contribution in [0.3, 0.4) is 0 Å². The van der Waals surface area contributed by atoms with Gasteiger partial charge in [-0.05, 0) is 26.2 Å². The third kappa shape index (κ3) is 4.06. The zero-order chi connectivity index (χ0) is 19.0. The van der Waals surface area contributed by atoms with Crippen LogP contribution in [0.5, 0.6) is 0 Å². The standard InChI is InChI=1S/C18H27F2N5O2/c1-11(7-26-2)27-12-3-4-14-13(5-12)17(24-23-14)15-6-16(22-10-21-15)25-8-18(19,20)9-25/h6,10-14,17,23-24H,3-5,7-9H2,1-2H3/t11-,12?,13?,14?,17?/m0/s1. The lowest BCUT2D eigenvalue weighted by Gasteiger charge is -2.39. The third-order valence-electron chi connectivity index (χ3n) is 5.69. The maximum absolute atomic E-state index is 13.2. The molecule has 2 saturated heterocycles. The van der Waals surface area contributed by atoms with Crippen LogP contribution >= 0.6 is 0 Å². The summed E-state index contributed by atoms with van der Waals surface area (Å²) < 4.78 is 37.6. The van der Waals surface area contributed by atoms with Crippen molar-refractivity contribution in [2.45, 2.75) is 56.4 Å². The van der Waals surface area contributed by atoms with E-state index in [-0.39, 0.29) is 31.3 Å². The van der Waals surface area contributed by atoms with E-state index in [0.29, 0.717) is 24.4 Å². The number of nitrogens with one attached hydrogen (secondary N) is 2. The summed E-state index contributed by atoms with van der Waals surface area (Å²) in [5.41, 5.74) is 7.55. The average Bonchev–Trinajstić information content (AvgIpc) is 3.03. The molecule has 0 radical (unpaired) electrons. The number of hydrogen-bond acceptors (Lipinski definition) is 7. The normalized spacial score (nSPS) is 33.4. The van der Waals surface area contributed by atoms with Gasteiger partial charge in [-0.1, -0.05) is 0 Å². The molecular weight excluding hydrogens is 356 g/mol. The molecule has 4 rings (SSSR count). The van der Waals surface area contributed by atoms with E-state index in [1.807, 2.05) is 13.0 Å². The first-order chi connectivity index (χ1) is 12.9. The molecule has 3 aliphatic rings. The third-order valence-corrected chi connectivity index (χ3v) is 5.69. The second kappa shape index (κ2) is 7.54. The van der Waals surface area contributed by atoms with Crippen molar-refractivity contribution in [3.05, 3.63) is 18.1 Å².